The van der Waals surface area contributed by atoms with E-state index in [4.69, 9.17) is 13.9 Å². The summed E-state index contributed by atoms with van der Waals surface area (Å²) in [5, 5.41) is 0.164. The van der Waals surface area contributed by atoms with Crippen LogP contribution in [0.15, 0.2) is 0 Å². The smallest absolute Gasteiger partial charge is 0.308 e. The number of hydrogen-bond acceptors (Lipinski definition) is 4. The van der Waals surface area contributed by atoms with Crippen molar-refractivity contribution in [2.24, 2.45) is 5.92 Å². The standard InChI is InChI=1S/C15H30O4Si/c1-11-8-9-14(18-12(11)10-13(16)17-5)19-20(6,7)15(2,3)4/h11-12,14H,8-10H2,1-7H3/t11-,12+,14+/m1/s1. The third-order valence-corrected chi connectivity index (χ3v) is 9.11. The van der Waals surface area contributed by atoms with E-state index in [1.165, 1.54) is 7.11 Å². The largest absolute Gasteiger partial charge is 0.469 e. The molecule has 0 spiro atoms. The lowest BCUT2D eigenvalue weighted by Gasteiger charge is -2.42. The molecule has 0 aliphatic carbocycles. The minimum Gasteiger partial charge on any atom is -0.469 e. The summed E-state index contributed by atoms with van der Waals surface area (Å²) >= 11 is 0. The topological polar surface area (TPSA) is 44.8 Å². The van der Waals surface area contributed by atoms with Gasteiger partial charge in [0.2, 0.25) is 0 Å². The van der Waals surface area contributed by atoms with Crippen molar-refractivity contribution >= 4 is 14.3 Å². The first-order valence-corrected chi connectivity index (χ1v) is 10.4. The number of methoxy groups -OCH3 is 1. The SMILES string of the molecule is COC(=O)C[C@@H]1O[C@@H](O[Si](C)(C)C(C)(C)C)CC[C@H]1C. The summed E-state index contributed by atoms with van der Waals surface area (Å²) in [7, 11) is -0.417. The van der Waals surface area contributed by atoms with E-state index in [0.29, 0.717) is 12.3 Å². The van der Waals surface area contributed by atoms with E-state index in [0.717, 1.165) is 12.8 Å². The highest BCUT2D eigenvalue weighted by Crippen LogP contribution is 2.39. The molecule has 3 atom stereocenters. The van der Waals surface area contributed by atoms with Crippen LogP contribution in [-0.4, -0.2) is 33.8 Å². The summed E-state index contributed by atoms with van der Waals surface area (Å²) in [5.41, 5.74) is 0. The molecule has 0 unspecified atom stereocenters. The van der Waals surface area contributed by atoms with Crippen molar-refractivity contribution in [1.29, 1.82) is 0 Å². The molecule has 0 aromatic carbocycles. The van der Waals surface area contributed by atoms with Gasteiger partial charge in [0.25, 0.3) is 0 Å². The molecule has 0 amide bonds. The van der Waals surface area contributed by atoms with Gasteiger partial charge in [-0.05, 0) is 36.9 Å². The van der Waals surface area contributed by atoms with E-state index in [1.807, 2.05) is 0 Å². The highest BCUT2D eigenvalue weighted by atomic mass is 28.4. The van der Waals surface area contributed by atoms with Gasteiger partial charge in [0.1, 0.15) is 6.29 Å². The fourth-order valence-corrected chi connectivity index (χ4v) is 3.26. The summed E-state index contributed by atoms with van der Waals surface area (Å²) in [5.74, 6) is 0.156. The van der Waals surface area contributed by atoms with Crippen molar-refractivity contribution in [1.82, 2.24) is 0 Å². The molecule has 5 heteroatoms. The lowest BCUT2D eigenvalue weighted by atomic mass is 9.94. The number of carbonyl (C=O) groups excluding carboxylic acids is 1. The van der Waals surface area contributed by atoms with Crippen LogP contribution in [0.25, 0.3) is 0 Å². The molecule has 1 aliphatic rings. The Morgan fingerprint density at radius 3 is 2.40 bits per heavy atom. The van der Waals surface area contributed by atoms with E-state index in [-0.39, 0.29) is 23.4 Å². The molecule has 0 saturated carbocycles. The van der Waals surface area contributed by atoms with Gasteiger partial charge >= 0.3 is 5.97 Å². The molecule has 0 bridgehead atoms. The third-order valence-electron chi connectivity index (χ3n) is 4.65. The Morgan fingerprint density at radius 2 is 1.90 bits per heavy atom. The Bertz CT molecular complexity index is 335. The van der Waals surface area contributed by atoms with Crippen molar-refractivity contribution < 1.29 is 18.7 Å². The lowest BCUT2D eigenvalue weighted by molar-refractivity contribution is -0.181. The zero-order valence-electron chi connectivity index (χ0n) is 14.0. The van der Waals surface area contributed by atoms with E-state index in [1.54, 1.807) is 0 Å². The monoisotopic (exact) mass is 302 g/mol. The first-order chi connectivity index (χ1) is 9.06. The van der Waals surface area contributed by atoms with Crippen LogP contribution in [0.5, 0.6) is 0 Å². The Labute approximate surface area is 124 Å². The van der Waals surface area contributed by atoms with Crippen LogP contribution in [0, 0.1) is 5.92 Å². The Kier molecular flexibility index (Phi) is 5.81. The summed E-state index contributed by atoms with van der Waals surface area (Å²) in [6.45, 7) is 13.2. The van der Waals surface area contributed by atoms with Gasteiger partial charge in [-0.15, -0.1) is 0 Å². The molecule has 1 aliphatic heterocycles. The van der Waals surface area contributed by atoms with E-state index >= 15 is 0 Å². The molecule has 1 fully saturated rings. The van der Waals surface area contributed by atoms with Crippen molar-refractivity contribution in [2.45, 2.75) is 77.5 Å². The predicted molar refractivity (Wildman–Crippen MR) is 82.0 cm³/mol. The van der Waals surface area contributed by atoms with E-state index < -0.39 is 8.32 Å². The Morgan fingerprint density at radius 1 is 1.30 bits per heavy atom. The molecule has 4 nitrogen and oxygen atoms in total. The highest BCUT2D eigenvalue weighted by molar-refractivity contribution is 6.74. The van der Waals surface area contributed by atoms with Crippen LogP contribution in [0.3, 0.4) is 0 Å². The molecule has 0 radical (unpaired) electrons. The first-order valence-electron chi connectivity index (χ1n) is 7.47. The van der Waals surface area contributed by atoms with Crippen LogP contribution >= 0.6 is 0 Å². The van der Waals surface area contributed by atoms with Gasteiger partial charge in [-0.3, -0.25) is 4.79 Å². The van der Waals surface area contributed by atoms with E-state index in [2.05, 4.69) is 40.8 Å². The molecule has 20 heavy (non-hydrogen) atoms. The van der Waals surface area contributed by atoms with Crippen LogP contribution in [-0.2, 0) is 18.7 Å². The number of hydrogen-bond donors (Lipinski definition) is 0. The molecule has 0 N–H and O–H groups in total. The minimum atomic E-state index is -1.83. The highest BCUT2D eigenvalue weighted by Gasteiger charge is 2.41. The predicted octanol–water partition coefficient (Wildman–Crippen LogP) is 3.71. The van der Waals surface area contributed by atoms with Gasteiger partial charge in [-0.2, -0.15) is 0 Å². The van der Waals surface area contributed by atoms with Crippen molar-refractivity contribution in [3.63, 3.8) is 0 Å². The molecule has 1 rings (SSSR count). The Balaban J connectivity index is 2.63. The number of esters is 1. The van der Waals surface area contributed by atoms with Crippen molar-refractivity contribution in [3.8, 4) is 0 Å². The first kappa shape index (κ1) is 17.7. The second-order valence-electron chi connectivity index (χ2n) is 7.32. The van der Waals surface area contributed by atoms with Crippen LogP contribution in [0.2, 0.25) is 18.1 Å². The number of ether oxygens (including phenoxy) is 2. The quantitative estimate of drug-likeness (QED) is 0.586. The fraction of sp³-hybridized carbons (Fsp3) is 0.933. The second kappa shape index (κ2) is 6.58. The molecule has 118 valence electrons. The zero-order chi connectivity index (χ0) is 15.6. The average molecular weight is 302 g/mol. The second-order valence-corrected chi connectivity index (χ2v) is 12.1. The van der Waals surface area contributed by atoms with Crippen molar-refractivity contribution in [3.05, 3.63) is 0 Å². The van der Waals surface area contributed by atoms with Gasteiger partial charge in [-0.1, -0.05) is 27.7 Å². The molecule has 0 aromatic rings. The summed E-state index contributed by atoms with van der Waals surface area (Å²) in [6.07, 6.45) is 1.98. The summed E-state index contributed by atoms with van der Waals surface area (Å²) in [6, 6.07) is 0. The van der Waals surface area contributed by atoms with E-state index in [9.17, 15) is 4.79 Å². The average Bonchev–Trinajstić information content (AvgIpc) is 2.31. The molecular formula is C15H30O4Si. The van der Waals surface area contributed by atoms with Gasteiger partial charge in [0, 0.05) is 0 Å². The minimum absolute atomic E-state index is 0.0917. The van der Waals surface area contributed by atoms with Gasteiger partial charge in [0.05, 0.1) is 19.6 Å². The van der Waals surface area contributed by atoms with Gasteiger partial charge in [-0.25, -0.2) is 0 Å². The van der Waals surface area contributed by atoms with Gasteiger partial charge in [0.15, 0.2) is 8.32 Å². The maximum absolute atomic E-state index is 11.4. The molecule has 1 saturated heterocycles. The fourth-order valence-electron chi connectivity index (χ4n) is 2.07. The third kappa shape index (κ3) is 4.57. The zero-order valence-corrected chi connectivity index (χ0v) is 15.0. The maximum Gasteiger partial charge on any atom is 0.308 e. The van der Waals surface area contributed by atoms with Crippen LogP contribution in [0.4, 0.5) is 0 Å². The Hall–Kier alpha value is -0.393. The molecule has 1 heterocycles. The molecular weight excluding hydrogens is 272 g/mol. The van der Waals surface area contributed by atoms with Crippen LogP contribution < -0.4 is 0 Å². The van der Waals surface area contributed by atoms with Crippen LogP contribution in [0.1, 0.15) is 47.0 Å². The summed E-state index contributed by atoms with van der Waals surface area (Å²) in [4.78, 5) is 11.4. The number of rotatable bonds is 4. The van der Waals surface area contributed by atoms with Gasteiger partial charge < -0.3 is 13.9 Å². The molecule has 0 aromatic heterocycles. The number of carbonyl (C=O) groups is 1. The van der Waals surface area contributed by atoms with Crippen molar-refractivity contribution in [2.75, 3.05) is 7.11 Å². The normalized spacial score (nSPS) is 28.2. The lowest BCUT2D eigenvalue weighted by Crippen LogP contribution is -2.47. The maximum atomic E-state index is 11.4. The summed E-state index contributed by atoms with van der Waals surface area (Å²) < 4.78 is 17.1.